The number of likely N-dealkylation sites (N-methyl/N-ethyl adjacent to an activating group) is 1. The van der Waals surface area contributed by atoms with E-state index in [9.17, 15) is 9.59 Å². The molecule has 0 aromatic heterocycles. The molecule has 0 unspecified atom stereocenters. The van der Waals surface area contributed by atoms with Gasteiger partial charge in [-0.1, -0.05) is 26.2 Å². The number of rotatable bonds is 8. The van der Waals surface area contributed by atoms with Gasteiger partial charge < -0.3 is 9.47 Å². The molecule has 0 aromatic rings. The van der Waals surface area contributed by atoms with E-state index in [0.717, 1.165) is 25.7 Å². The van der Waals surface area contributed by atoms with Crippen molar-refractivity contribution in [1.82, 2.24) is 4.90 Å². The molecule has 100 valence electrons. The lowest BCUT2D eigenvalue weighted by Gasteiger charge is -2.17. The normalized spacial score (nSPS) is 9.82. The molecule has 0 bridgehead atoms. The zero-order chi connectivity index (χ0) is 13.1. The molecule has 0 atom stereocenters. The number of unbranched alkanes of at least 4 members (excludes halogenated alkanes) is 3. The summed E-state index contributed by atoms with van der Waals surface area (Å²) in [5.41, 5.74) is 0. The Labute approximate surface area is 103 Å². The highest BCUT2D eigenvalue weighted by molar-refractivity contribution is 5.77. The number of nitrogens with zero attached hydrogens (tertiary/aromatic N) is 1. The van der Waals surface area contributed by atoms with Crippen LogP contribution in [0.25, 0.3) is 0 Å². The summed E-state index contributed by atoms with van der Waals surface area (Å²) in [6, 6.07) is 0. The van der Waals surface area contributed by atoms with Crippen molar-refractivity contribution in [3.63, 3.8) is 0 Å². The van der Waals surface area contributed by atoms with Crippen LogP contribution in [0.5, 0.6) is 0 Å². The first-order chi connectivity index (χ1) is 8.15. The number of carbonyl (C=O) groups is 2. The van der Waals surface area contributed by atoms with Gasteiger partial charge in [-0.15, -0.1) is 0 Å². The Morgan fingerprint density at radius 3 is 2.35 bits per heavy atom. The van der Waals surface area contributed by atoms with Crippen molar-refractivity contribution in [2.75, 3.05) is 26.8 Å². The van der Waals surface area contributed by atoms with E-state index in [1.165, 1.54) is 12.0 Å². The minimum absolute atomic E-state index is 0.0447. The maximum Gasteiger partial charge on any atom is 0.410 e. The molecule has 0 aliphatic carbocycles. The van der Waals surface area contributed by atoms with E-state index in [1.54, 1.807) is 6.92 Å². The van der Waals surface area contributed by atoms with E-state index in [4.69, 9.17) is 4.74 Å². The van der Waals surface area contributed by atoms with Gasteiger partial charge in [-0.3, -0.25) is 9.69 Å². The van der Waals surface area contributed by atoms with Crippen LogP contribution in [-0.4, -0.2) is 43.8 Å². The number of amides is 1. The van der Waals surface area contributed by atoms with Crippen molar-refractivity contribution < 1.29 is 19.1 Å². The van der Waals surface area contributed by atoms with Crippen LogP contribution in [0.2, 0.25) is 0 Å². The van der Waals surface area contributed by atoms with Gasteiger partial charge in [-0.25, -0.2) is 4.79 Å². The SMILES string of the molecule is CCCCCCOC(=O)CN(CC)C(=O)OC. The fourth-order valence-electron chi connectivity index (χ4n) is 1.35. The maximum absolute atomic E-state index is 11.4. The average molecular weight is 245 g/mol. The topological polar surface area (TPSA) is 55.8 Å². The number of carbonyl (C=O) groups excluding carboxylic acids is 2. The highest BCUT2D eigenvalue weighted by atomic mass is 16.5. The predicted molar refractivity (Wildman–Crippen MR) is 64.8 cm³/mol. The number of methoxy groups -OCH3 is 1. The molecular weight excluding hydrogens is 222 g/mol. The van der Waals surface area contributed by atoms with Crippen molar-refractivity contribution in [2.45, 2.75) is 39.5 Å². The number of ether oxygens (including phenoxy) is 2. The fourth-order valence-corrected chi connectivity index (χ4v) is 1.35. The quantitative estimate of drug-likeness (QED) is 0.486. The van der Waals surface area contributed by atoms with Crippen LogP contribution in [0.1, 0.15) is 39.5 Å². The molecule has 5 nitrogen and oxygen atoms in total. The van der Waals surface area contributed by atoms with Crippen LogP contribution in [-0.2, 0) is 14.3 Å². The smallest absolute Gasteiger partial charge is 0.410 e. The van der Waals surface area contributed by atoms with Crippen LogP contribution >= 0.6 is 0 Å². The summed E-state index contributed by atoms with van der Waals surface area (Å²) < 4.78 is 9.57. The summed E-state index contributed by atoms with van der Waals surface area (Å²) in [5.74, 6) is -0.381. The lowest BCUT2D eigenvalue weighted by Crippen LogP contribution is -2.36. The third kappa shape index (κ3) is 7.60. The van der Waals surface area contributed by atoms with Crippen molar-refractivity contribution in [3.05, 3.63) is 0 Å². The van der Waals surface area contributed by atoms with E-state index >= 15 is 0 Å². The van der Waals surface area contributed by atoms with Crippen molar-refractivity contribution in [1.29, 1.82) is 0 Å². The molecule has 0 radical (unpaired) electrons. The van der Waals surface area contributed by atoms with Gasteiger partial charge >= 0.3 is 12.1 Å². The van der Waals surface area contributed by atoms with Crippen molar-refractivity contribution >= 4 is 12.1 Å². The van der Waals surface area contributed by atoms with Gasteiger partial charge in [0.05, 0.1) is 13.7 Å². The Balaban J connectivity index is 3.72. The molecule has 0 aliphatic heterocycles. The van der Waals surface area contributed by atoms with Crippen LogP contribution < -0.4 is 0 Å². The second kappa shape index (κ2) is 9.93. The average Bonchev–Trinajstić information content (AvgIpc) is 2.34. The predicted octanol–water partition coefficient (Wildman–Crippen LogP) is 2.20. The van der Waals surface area contributed by atoms with E-state index < -0.39 is 6.09 Å². The first-order valence-corrected chi connectivity index (χ1v) is 6.14. The Morgan fingerprint density at radius 1 is 1.12 bits per heavy atom. The molecular formula is C12H23NO4. The van der Waals surface area contributed by atoms with Gasteiger partial charge in [0.2, 0.25) is 0 Å². The van der Waals surface area contributed by atoms with E-state index in [1.807, 2.05) is 0 Å². The molecule has 0 rings (SSSR count). The third-order valence-corrected chi connectivity index (χ3v) is 2.40. The summed E-state index contributed by atoms with van der Waals surface area (Å²) >= 11 is 0. The molecule has 0 heterocycles. The van der Waals surface area contributed by atoms with Gasteiger partial charge in [0.1, 0.15) is 6.54 Å². The number of esters is 1. The molecule has 0 spiro atoms. The first kappa shape index (κ1) is 15.7. The van der Waals surface area contributed by atoms with Crippen LogP contribution in [0, 0.1) is 0 Å². The monoisotopic (exact) mass is 245 g/mol. The molecule has 0 aliphatic rings. The first-order valence-electron chi connectivity index (χ1n) is 6.14. The summed E-state index contributed by atoms with van der Waals surface area (Å²) in [6.07, 6.45) is 3.75. The van der Waals surface area contributed by atoms with Gasteiger partial charge in [0, 0.05) is 6.54 Å². The summed E-state index contributed by atoms with van der Waals surface area (Å²) in [7, 11) is 1.29. The maximum atomic E-state index is 11.4. The number of hydrogen-bond acceptors (Lipinski definition) is 4. The molecule has 0 saturated carbocycles. The molecule has 17 heavy (non-hydrogen) atoms. The van der Waals surface area contributed by atoms with Crippen LogP contribution in [0.15, 0.2) is 0 Å². The molecule has 5 heteroatoms. The van der Waals surface area contributed by atoms with Crippen LogP contribution in [0.4, 0.5) is 4.79 Å². The van der Waals surface area contributed by atoms with E-state index in [-0.39, 0.29) is 12.5 Å². The van der Waals surface area contributed by atoms with Crippen LogP contribution in [0.3, 0.4) is 0 Å². The van der Waals surface area contributed by atoms with Gasteiger partial charge in [-0.05, 0) is 13.3 Å². The largest absolute Gasteiger partial charge is 0.464 e. The summed E-state index contributed by atoms with van der Waals surface area (Å²) in [5, 5.41) is 0. The molecule has 0 N–H and O–H groups in total. The van der Waals surface area contributed by atoms with Crippen molar-refractivity contribution in [2.24, 2.45) is 0 Å². The standard InChI is InChI=1S/C12H23NO4/c1-4-6-7-8-9-17-11(14)10-13(5-2)12(15)16-3/h4-10H2,1-3H3. The molecule has 1 amide bonds. The lowest BCUT2D eigenvalue weighted by atomic mass is 10.2. The van der Waals surface area contributed by atoms with E-state index in [0.29, 0.717) is 13.2 Å². The second-order valence-electron chi connectivity index (χ2n) is 3.77. The minimum atomic E-state index is -0.504. The van der Waals surface area contributed by atoms with Gasteiger partial charge in [0.25, 0.3) is 0 Å². The summed E-state index contributed by atoms with van der Waals surface area (Å²) in [4.78, 5) is 23.9. The van der Waals surface area contributed by atoms with Gasteiger partial charge in [-0.2, -0.15) is 0 Å². The van der Waals surface area contributed by atoms with E-state index in [2.05, 4.69) is 11.7 Å². The third-order valence-electron chi connectivity index (χ3n) is 2.40. The Hall–Kier alpha value is -1.26. The second-order valence-corrected chi connectivity index (χ2v) is 3.77. The molecule has 0 fully saturated rings. The molecule has 0 saturated heterocycles. The van der Waals surface area contributed by atoms with Gasteiger partial charge in [0.15, 0.2) is 0 Å². The zero-order valence-corrected chi connectivity index (χ0v) is 11.0. The Bertz CT molecular complexity index is 231. The number of hydrogen-bond donors (Lipinski definition) is 0. The highest BCUT2D eigenvalue weighted by Gasteiger charge is 2.16. The highest BCUT2D eigenvalue weighted by Crippen LogP contribution is 2.00. The lowest BCUT2D eigenvalue weighted by molar-refractivity contribution is -0.144. The Morgan fingerprint density at radius 2 is 1.82 bits per heavy atom. The fraction of sp³-hybridized carbons (Fsp3) is 0.833. The minimum Gasteiger partial charge on any atom is -0.464 e. The summed E-state index contributed by atoms with van der Waals surface area (Å²) in [6.45, 7) is 4.72. The Kier molecular flexibility index (Phi) is 9.19. The molecule has 0 aromatic carbocycles. The van der Waals surface area contributed by atoms with Crippen molar-refractivity contribution in [3.8, 4) is 0 Å². The zero-order valence-electron chi connectivity index (χ0n) is 11.0.